The molecule has 3 aromatic rings. The molecule has 0 bridgehead atoms. The van der Waals surface area contributed by atoms with Gasteiger partial charge in [-0.25, -0.2) is 9.97 Å². The van der Waals surface area contributed by atoms with Crippen LogP contribution in [0.15, 0.2) is 35.3 Å². The van der Waals surface area contributed by atoms with E-state index in [9.17, 15) is 18.0 Å². The van der Waals surface area contributed by atoms with E-state index >= 15 is 0 Å². The molecule has 8 heteroatoms. The zero-order valence-electron chi connectivity index (χ0n) is 17.0. The summed E-state index contributed by atoms with van der Waals surface area (Å²) < 4.78 is 41.6. The quantitative estimate of drug-likeness (QED) is 0.625. The molecule has 2 aromatic heterocycles. The van der Waals surface area contributed by atoms with Crippen molar-refractivity contribution in [2.24, 2.45) is 0 Å². The van der Waals surface area contributed by atoms with Crippen LogP contribution in [0.5, 0.6) is 0 Å². The van der Waals surface area contributed by atoms with Crippen LogP contribution in [-0.4, -0.2) is 14.5 Å². The molecule has 1 fully saturated rings. The van der Waals surface area contributed by atoms with Gasteiger partial charge in [0.2, 0.25) is 0 Å². The number of pyridine rings is 1. The van der Waals surface area contributed by atoms with Crippen molar-refractivity contribution < 1.29 is 13.2 Å². The molecule has 1 aliphatic rings. The monoisotopic (exact) mass is 416 g/mol. The number of fused-ring (bicyclic) bond motifs is 1. The van der Waals surface area contributed by atoms with Crippen LogP contribution < -0.4 is 10.9 Å². The van der Waals surface area contributed by atoms with Gasteiger partial charge in [-0.2, -0.15) is 13.2 Å². The third kappa shape index (κ3) is 3.66. The second-order valence-electron chi connectivity index (χ2n) is 7.91. The lowest BCUT2D eigenvalue weighted by molar-refractivity contribution is -0.138. The first-order chi connectivity index (χ1) is 14.1. The van der Waals surface area contributed by atoms with Gasteiger partial charge in [0.25, 0.3) is 5.56 Å². The molecule has 1 N–H and O–H groups in total. The first-order valence-electron chi connectivity index (χ1n) is 9.99. The summed E-state index contributed by atoms with van der Waals surface area (Å²) in [6, 6.07) is 5.46. The second-order valence-corrected chi connectivity index (χ2v) is 7.91. The predicted molar refractivity (Wildman–Crippen MR) is 110 cm³/mol. The topological polar surface area (TPSA) is 59.8 Å². The van der Waals surface area contributed by atoms with Crippen LogP contribution in [-0.2, 0) is 6.18 Å². The van der Waals surface area contributed by atoms with Crippen LogP contribution in [0, 0.1) is 13.8 Å². The van der Waals surface area contributed by atoms with Crippen LogP contribution in [0.2, 0.25) is 0 Å². The Balaban J connectivity index is 1.76. The molecule has 2 heterocycles. The van der Waals surface area contributed by atoms with Gasteiger partial charge in [-0.15, -0.1) is 0 Å². The first kappa shape index (κ1) is 20.4. The minimum absolute atomic E-state index is 0.0991. The molecule has 0 aliphatic heterocycles. The second kappa shape index (κ2) is 7.41. The molecule has 0 radical (unpaired) electrons. The van der Waals surface area contributed by atoms with Gasteiger partial charge < -0.3 is 9.88 Å². The van der Waals surface area contributed by atoms with Crippen molar-refractivity contribution >= 4 is 16.7 Å². The minimum atomic E-state index is -4.41. The predicted octanol–water partition coefficient (Wildman–Crippen LogP) is 5.33. The Morgan fingerprint density at radius 1 is 1.20 bits per heavy atom. The van der Waals surface area contributed by atoms with Crippen molar-refractivity contribution in [1.29, 1.82) is 0 Å². The molecule has 5 nitrogen and oxygen atoms in total. The van der Waals surface area contributed by atoms with E-state index in [1.54, 1.807) is 30.7 Å². The van der Waals surface area contributed by atoms with Crippen LogP contribution in [0.3, 0.4) is 0 Å². The summed E-state index contributed by atoms with van der Waals surface area (Å²) in [6.07, 6.45) is 0.379. The maximum atomic E-state index is 13.3. The van der Waals surface area contributed by atoms with Crippen LogP contribution >= 0.6 is 0 Å². The molecule has 0 unspecified atom stereocenters. The Hall–Kier alpha value is -2.90. The molecule has 0 amide bonds. The van der Waals surface area contributed by atoms with Gasteiger partial charge in [0, 0.05) is 18.3 Å². The Morgan fingerprint density at radius 3 is 2.57 bits per heavy atom. The number of anilines is 1. The summed E-state index contributed by atoms with van der Waals surface area (Å²) in [7, 11) is 0. The smallest absolute Gasteiger partial charge is 0.363 e. The van der Waals surface area contributed by atoms with Gasteiger partial charge in [0.15, 0.2) is 0 Å². The lowest BCUT2D eigenvalue weighted by Crippen LogP contribution is -2.28. The summed E-state index contributed by atoms with van der Waals surface area (Å²) in [4.78, 5) is 21.3. The number of nitrogens with one attached hydrogen (secondary N) is 1. The normalized spacial score (nSPS) is 15.8. The number of benzene rings is 1. The maximum Gasteiger partial charge on any atom is 0.416 e. The van der Waals surface area contributed by atoms with Crippen LogP contribution in [0.4, 0.5) is 19.0 Å². The van der Waals surface area contributed by atoms with E-state index in [-0.39, 0.29) is 17.2 Å². The van der Waals surface area contributed by atoms with Gasteiger partial charge in [0.1, 0.15) is 11.6 Å². The summed E-state index contributed by atoms with van der Waals surface area (Å²) in [6.45, 7) is 5.00. The van der Waals surface area contributed by atoms with E-state index in [2.05, 4.69) is 15.3 Å². The van der Waals surface area contributed by atoms with Crippen molar-refractivity contribution in [2.45, 2.75) is 58.3 Å². The largest absolute Gasteiger partial charge is 0.416 e. The zero-order valence-corrected chi connectivity index (χ0v) is 17.0. The molecular weight excluding hydrogens is 393 g/mol. The summed E-state index contributed by atoms with van der Waals surface area (Å²) >= 11 is 0. The van der Waals surface area contributed by atoms with Gasteiger partial charge in [0.05, 0.1) is 22.5 Å². The highest BCUT2D eigenvalue weighted by Crippen LogP contribution is 2.36. The average Bonchev–Trinajstić information content (AvgIpc) is 2.60. The number of hydrogen-bond acceptors (Lipinski definition) is 4. The van der Waals surface area contributed by atoms with Crippen molar-refractivity contribution in [2.75, 3.05) is 5.32 Å². The van der Waals surface area contributed by atoms with E-state index < -0.39 is 17.8 Å². The highest BCUT2D eigenvalue weighted by atomic mass is 19.4. The van der Waals surface area contributed by atoms with Gasteiger partial charge in [-0.3, -0.25) is 4.79 Å². The van der Waals surface area contributed by atoms with Crippen molar-refractivity contribution in [3.8, 4) is 0 Å². The van der Waals surface area contributed by atoms with E-state index in [0.29, 0.717) is 28.1 Å². The van der Waals surface area contributed by atoms with Gasteiger partial charge >= 0.3 is 6.18 Å². The zero-order chi connectivity index (χ0) is 21.6. The van der Waals surface area contributed by atoms with E-state index in [0.717, 1.165) is 25.3 Å². The maximum absolute atomic E-state index is 13.3. The summed E-state index contributed by atoms with van der Waals surface area (Å²) in [5, 5.41) is 3.93. The lowest BCUT2D eigenvalue weighted by atomic mass is 9.92. The highest BCUT2D eigenvalue weighted by Gasteiger charge is 2.33. The number of aryl methyl sites for hydroxylation is 1. The first-order valence-corrected chi connectivity index (χ1v) is 9.99. The highest BCUT2D eigenvalue weighted by molar-refractivity contribution is 5.88. The Bertz CT molecular complexity index is 1170. The van der Waals surface area contributed by atoms with Crippen molar-refractivity contribution in [3.05, 3.63) is 63.3 Å². The number of hydrogen-bond donors (Lipinski definition) is 1. The third-order valence-electron chi connectivity index (χ3n) is 5.84. The molecular formula is C22H23F3N4O. The minimum Gasteiger partial charge on any atom is -0.363 e. The van der Waals surface area contributed by atoms with Crippen LogP contribution in [0.25, 0.3) is 10.9 Å². The number of rotatable bonds is 4. The SMILES string of the molecule is Cc1nc(N[C@H](C)c2cccc(C(F)(F)F)c2C)c2cn(C3CCC3)c(=O)cc2n1. The summed E-state index contributed by atoms with van der Waals surface area (Å²) in [5.74, 6) is 0.994. The molecule has 1 aromatic carbocycles. The molecule has 4 rings (SSSR count). The number of halogens is 3. The Morgan fingerprint density at radius 2 is 1.93 bits per heavy atom. The fourth-order valence-electron chi connectivity index (χ4n) is 4.01. The molecule has 30 heavy (non-hydrogen) atoms. The van der Waals surface area contributed by atoms with E-state index in [1.165, 1.54) is 19.1 Å². The van der Waals surface area contributed by atoms with Gasteiger partial charge in [-0.1, -0.05) is 12.1 Å². The van der Waals surface area contributed by atoms with Crippen molar-refractivity contribution in [3.63, 3.8) is 0 Å². The standard InChI is InChI=1S/C22H23F3N4O/c1-12-16(8-5-9-18(12)22(23,24)25)13(2)26-21-17-11-29(15-6-4-7-15)20(30)10-19(17)27-14(3)28-21/h5,8-11,13,15H,4,6-7H2,1-3H3,(H,26,27,28)/t13-/m1/s1. The molecule has 0 spiro atoms. The van der Waals surface area contributed by atoms with E-state index in [4.69, 9.17) is 0 Å². The number of aromatic nitrogens is 3. The molecule has 1 saturated carbocycles. The number of nitrogens with zero attached hydrogens (tertiary/aromatic N) is 3. The average molecular weight is 416 g/mol. The lowest BCUT2D eigenvalue weighted by Gasteiger charge is -2.28. The van der Waals surface area contributed by atoms with Crippen molar-refractivity contribution in [1.82, 2.24) is 14.5 Å². The Kier molecular flexibility index (Phi) is 5.03. The molecule has 158 valence electrons. The fraction of sp³-hybridized carbons (Fsp3) is 0.409. The van der Waals surface area contributed by atoms with Crippen LogP contribution in [0.1, 0.15) is 60.8 Å². The third-order valence-corrected chi connectivity index (χ3v) is 5.84. The van der Waals surface area contributed by atoms with E-state index in [1.807, 2.05) is 0 Å². The fourth-order valence-corrected chi connectivity index (χ4v) is 4.01. The summed E-state index contributed by atoms with van der Waals surface area (Å²) in [5.41, 5.74) is 0.515. The molecule has 1 aliphatic carbocycles. The molecule has 1 atom stereocenters. The Labute approximate surface area is 172 Å². The number of alkyl halides is 3. The molecule has 0 saturated heterocycles. The van der Waals surface area contributed by atoms with Gasteiger partial charge in [-0.05, 0) is 57.2 Å².